The summed E-state index contributed by atoms with van der Waals surface area (Å²) < 4.78 is 7.30. The highest BCUT2D eigenvalue weighted by atomic mass is 16.5. The highest BCUT2D eigenvalue weighted by Crippen LogP contribution is 2.19. The van der Waals surface area contributed by atoms with Gasteiger partial charge in [-0.1, -0.05) is 18.2 Å². The SMILES string of the molecule is COc1ccc(Cn2c(CCC(=O)Nc3ccc(C)cn3)nc3cccnc32)cc1. The van der Waals surface area contributed by atoms with Crippen molar-refractivity contribution >= 4 is 22.9 Å². The Kier molecular flexibility index (Phi) is 5.70. The Morgan fingerprint density at radius 1 is 1.10 bits per heavy atom. The highest BCUT2D eigenvalue weighted by molar-refractivity contribution is 5.89. The van der Waals surface area contributed by atoms with Crippen LogP contribution in [0.25, 0.3) is 11.2 Å². The van der Waals surface area contributed by atoms with E-state index in [0.29, 0.717) is 25.2 Å². The summed E-state index contributed by atoms with van der Waals surface area (Å²) in [5.41, 5.74) is 3.79. The van der Waals surface area contributed by atoms with E-state index in [0.717, 1.165) is 33.9 Å². The molecule has 0 radical (unpaired) electrons. The molecule has 0 spiro atoms. The summed E-state index contributed by atoms with van der Waals surface area (Å²) in [6.07, 6.45) is 4.30. The van der Waals surface area contributed by atoms with E-state index in [9.17, 15) is 4.79 Å². The fourth-order valence-corrected chi connectivity index (χ4v) is 3.25. The van der Waals surface area contributed by atoms with Gasteiger partial charge < -0.3 is 14.6 Å². The van der Waals surface area contributed by atoms with E-state index in [1.165, 1.54) is 0 Å². The van der Waals surface area contributed by atoms with Gasteiger partial charge in [-0.05, 0) is 48.4 Å². The highest BCUT2D eigenvalue weighted by Gasteiger charge is 2.14. The molecule has 7 nitrogen and oxygen atoms in total. The Balaban J connectivity index is 1.51. The van der Waals surface area contributed by atoms with Gasteiger partial charge in [0.25, 0.3) is 0 Å². The van der Waals surface area contributed by atoms with Crippen LogP contribution in [0, 0.1) is 6.92 Å². The minimum atomic E-state index is -0.0950. The molecule has 0 saturated carbocycles. The van der Waals surface area contributed by atoms with Gasteiger partial charge in [0.15, 0.2) is 5.65 Å². The van der Waals surface area contributed by atoms with Gasteiger partial charge in [0, 0.05) is 25.2 Å². The first kappa shape index (κ1) is 19.6. The summed E-state index contributed by atoms with van der Waals surface area (Å²) in [7, 11) is 1.65. The number of methoxy groups -OCH3 is 1. The number of aryl methyl sites for hydroxylation is 2. The number of amides is 1. The van der Waals surface area contributed by atoms with Crippen molar-refractivity contribution < 1.29 is 9.53 Å². The molecule has 4 aromatic rings. The fourth-order valence-electron chi connectivity index (χ4n) is 3.25. The molecular weight excluding hydrogens is 378 g/mol. The van der Waals surface area contributed by atoms with E-state index in [1.807, 2.05) is 49.4 Å². The predicted molar refractivity (Wildman–Crippen MR) is 116 cm³/mol. The molecule has 0 fully saturated rings. The number of nitrogens with one attached hydrogen (secondary N) is 1. The zero-order valence-corrected chi connectivity index (χ0v) is 17.0. The number of hydrogen-bond donors (Lipinski definition) is 1. The summed E-state index contributed by atoms with van der Waals surface area (Å²) in [5, 5.41) is 2.84. The van der Waals surface area contributed by atoms with E-state index in [2.05, 4.69) is 19.9 Å². The topological polar surface area (TPSA) is 81.9 Å². The maximum Gasteiger partial charge on any atom is 0.225 e. The number of carbonyl (C=O) groups is 1. The Morgan fingerprint density at radius 2 is 1.93 bits per heavy atom. The molecule has 0 unspecified atom stereocenters. The number of fused-ring (bicyclic) bond motifs is 1. The van der Waals surface area contributed by atoms with Crippen molar-refractivity contribution in [2.24, 2.45) is 0 Å². The standard InChI is InChI=1S/C23H23N5O2/c1-16-5-10-20(25-14-16)27-22(29)12-11-21-26-19-4-3-13-24-23(19)28(21)15-17-6-8-18(30-2)9-7-17/h3-10,13-14H,11-12,15H2,1-2H3,(H,25,27,29). The third kappa shape index (κ3) is 4.46. The van der Waals surface area contributed by atoms with E-state index in [4.69, 9.17) is 9.72 Å². The van der Waals surface area contributed by atoms with Gasteiger partial charge in [-0.15, -0.1) is 0 Å². The van der Waals surface area contributed by atoms with Crippen LogP contribution in [0.3, 0.4) is 0 Å². The van der Waals surface area contributed by atoms with Gasteiger partial charge in [0.1, 0.15) is 22.9 Å². The second kappa shape index (κ2) is 8.73. The van der Waals surface area contributed by atoms with Crippen LogP contribution >= 0.6 is 0 Å². The lowest BCUT2D eigenvalue weighted by atomic mass is 10.2. The van der Waals surface area contributed by atoms with Crippen molar-refractivity contribution in [2.75, 3.05) is 12.4 Å². The van der Waals surface area contributed by atoms with Crippen molar-refractivity contribution in [1.82, 2.24) is 19.5 Å². The van der Waals surface area contributed by atoms with E-state index in [-0.39, 0.29) is 5.91 Å². The molecule has 1 N–H and O–H groups in total. The smallest absolute Gasteiger partial charge is 0.225 e. The number of carbonyl (C=O) groups excluding carboxylic acids is 1. The lowest BCUT2D eigenvalue weighted by Crippen LogP contribution is -2.15. The first-order chi connectivity index (χ1) is 14.6. The molecule has 0 saturated heterocycles. The van der Waals surface area contributed by atoms with Gasteiger partial charge in [-0.25, -0.2) is 15.0 Å². The molecule has 3 aromatic heterocycles. The van der Waals surface area contributed by atoms with E-state index in [1.54, 1.807) is 25.6 Å². The molecule has 0 aliphatic rings. The van der Waals surface area contributed by atoms with Crippen molar-refractivity contribution in [3.8, 4) is 5.75 Å². The predicted octanol–water partition coefficient (Wildman–Crippen LogP) is 3.76. The average Bonchev–Trinajstić information content (AvgIpc) is 3.12. The molecule has 4 rings (SSSR count). The average molecular weight is 401 g/mol. The largest absolute Gasteiger partial charge is 0.497 e. The Labute approximate surface area is 174 Å². The second-order valence-electron chi connectivity index (χ2n) is 7.08. The van der Waals surface area contributed by atoms with Crippen LogP contribution in [0.1, 0.15) is 23.4 Å². The number of rotatable bonds is 7. The number of nitrogens with zero attached hydrogens (tertiary/aromatic N) is 4. The van der Waals surface area contributed by atoms with Crippen molar-refractivity contribution in [3.05, 3.63) is 77.9 Å². The quantitative estimate of drug-likeness (QED) is 0.510. The molecule has 0 aliphatic heterocycles. The zero-order valence-electron chi connectivity index (χ0n) is 17.0. The Morgan fingerprint density at radius 3 is 2.67 bits per heavy atom. The number of anilines is 1. The molecule has 1 amide bonds. The van der Waals surface area contributed by atoms with E-state index >= 15 is 0 Å². The lowest BCUT2D eigenvalue weighted by Gasteiger charge is -2.10. The van der Waals surface area contributed by atoms with Crippen molar-refractivity contribution in [3.63, 3.8) is 0 Å². The van der Waals surface area contributed by atoms with Gasteiger partial charge >= 0.3 is 0 Å². The van der Waals surface area contributed by atoms with Crippen molar-refractivity contribution in [2.45, 2.75) is 26.3 Å². The molecule has 7 heteroatoms. The summed E-state index contributed by atoms with van der Waals surface area (Å²) in [6.45, 7) is 2.58. The summed E-state index contributed by atoms with van der Waals surface area (Å²) in [5.74, 6) is 2.10. The number of benzene rings is 1. The first-order valence-electron chi connectivity index (χ1n) is 9.78. The van der Waals surface area contributed by atoms with Crippen LogP contribution in [0.15, 0.2) is 60.9 Å². The van der Waals surface area contributed by atoms with Gasteiger partial charge in [-0.2, -0.15) is 0 Å². The molecule has 30 heavy (non-hydrogen) atoms. The number of pyridine rings is 2. The van der Waals surface area contributed by atoms with Crippen LogP contribution in [0.4, 0.5) is 5.82 Å². The molecule has 0 atom stereocenters. The summed E-state index contributed by atoms with van der Waals surface area (Å²) >= 11 is 0. The second-order valence-corrected chi connectivity index (χ2v) is 7.08. The number of aromatic nitrogens is 4. The summed E-state index contributed by atoms with van der Waals surface area (Å²) in [4.78, 5) is 25.8. The number of imidazole rings is 1. The van der Waals surface area contributed by atoms with Crippen LogP contribution in [-0.2, 0) is 17.8 Å². The maximum absolute atomic E-state index is 12.4. The minimum Gasteiger partial charge on any atom is -0.497 e. The lowest BCUT2D eigenvalue weighted by molar-refractivity contribution is -0.116. The van der Waals surface area contributed by atoms with Crippen LogP contribution in [0.2, 0.25) is 0 Å². The van der Waals surface area contributed by atoms with Crippen LogP contribution in [-0.4, -0.2) is 32.5 Å². The minimum absolute atomic E-state index is 0.0950. The van der Waals surface area contributed by atoms with Crippen LogP contribution in [0.5, 0.6) is 5.75 Å². The van der Waals surface area contributed by atoms with Gasteiger partial charge in [-0.3, -0.25) is 4.79 Å². The third-order valence-electron chi connectivity index (χ3n) is 4.84. The van der Waals surface area contributed by atoms with Gasteiger partial charge in [0.05, 0.1) is 13.7 Å². The molecule has 152 valence electrons. The Hall–Kier alpha value is -3.74. The number of hydrogen-bond acceptors (Lipinski definition) is 5. The van der Waals surface area contributed by atoms with Crippen LogP contribution < -0.4 is 10.1 Å². The first-order valence-corrected chi connectivity index (χ1v) is 9.78. The Bertz CT molecular complexity index is 1150. The fraction of sp³-hybridized carbons (Fsp3) is 0.217. The maximum atomic E-state index is 12.4. The molecular formula is C23H23N5O2. The molecule has 0 aliphatic carbocycles. The monoisotopic (exact) mass is 401 g/mol. The van der Waals surface area contributed by atoms with Crippen molar-refractivity contribution in [1.29, 1.82) is 0 Å². The third-order valence-corrected chi connectivity index (χ3v) is 4.84. The molecule has 3 heterocycles. The van der Waals surface area contributed by atoms with E-state index < -0.39 is 0 Å². The normalized spacial score (nSPS) is 10.9. The molecule has 1 aromatic carbocycles. The summed E-state index contributed by atoms with van der Waals surface area (Å²) in [6, 6.07) is 15.4. The zero-order chi connectivity index (χ0) is 20.9. The number of ether oxygens (including phenoxy) is 1. The van der Waals surface area contributed by atoms with Gasteiger partial charge in [0.2, 0.25) is 5.91 Å². The molecule has 0 bridgehead atoms.